The Balaban J connectivity index is 0. The molecule has 0 aliphatic rings. The zero-order valence-electron chi connectivity index (χ0n) is 6.99. The van der Waals surface area contributed by atoms with Crippen LogP contribution in [0.5, 0.6) is 0 Å². The predicted molar refractivity (Wildman–Crippen MR) is 41.8 cm³/mol. The smallest absolute Gasteiger partial charge is 0.310 e. The Morgan fingerprint density at radius 1 is 1.25 bits per heavy atom. The number of carbonyl (C=O) groups excluding carboxylic acids is 3. The van der Waals surface area contributed by atoms with E-state index in [-0.39, 0.29) is 0 Å². The first kappa shape index (κ1) is 13.0. The van der Waals surface area contributed by atoms with E-state index in [1.807, 2.05) is 0 Å². The second-order valence-corrected chi connectivity index (χ2v) is 1.69. The van der Waals surface area contributed by atoms with Crippen molar-refractivity contribution in [2.75, 3.05) is 0 Å². The number of hydrogen-bond acceptors (Lipinski definition) is 4. The maximum Gasteiger partial charge on any atom is 0.310 e. The number of primary amides is 1. The number of esters is 2. The van der Waals surface area contributed by atoms with Crippen molar-refractivity contribution in [3.8, 4) is 0 Å². The monoisotopic (exact) mass is 173 g/mol. The minimum atomic E-state index is -0.562. The van der Waals surface area contributed by atoms with Crippen LogP contribution in [-0.4, -0.2) is 17.8 Å². The van der Waals surface area contributed by atoms with Gasteiger partial charge >= 0.3 is 11.9 Å². The molecule has 5 heteroatoms. The van der Waals surface area contributed by atoms with Crippen molar-refractivity contribution in [1.29, 1.82) is 0 Å². The summed E-state index contributed by atoms with van der Waals surface area (Å²) in [5.74, 6) is -1.61. The summed E-state index contributed by atoms with van der Waals surface area (Å²) >= 11 is 0. The van der Waals surface area contributed by atoms with Crippen molar-refractivity contribution in [1.82, 2.24) is 0 Å². The van der Waals surface area contributed by atoms with Gasteiger partial charge in [0.2, 0.25) is 5.91 Å². The van der Waals surface area contributed by atoms with E-state index in [2.05, 4.69) is 17.0 Å². The molecule has 0 radical (unpaired) electrons. The molecule has 0 heterocycles. The molecule has 0 aromatic carbocycles. The van der Waals surface area contributed by atoms with E-state index in [0.29, 0.717) is 0 Å². The molecule has 12 heavy (non-hydrogen) atoms. The van der Waals surface area contributed by atoms with Crippen molar-refractivity contribution in [3.63, 3.8) is 0 Å². The van der Waals surface area contributed by atoms with Crippen LogP contribution in [0.4, 0.5) is 0 Å². The molecule has 0 bridgehead atoms. The molecule has 0 aromatic rings. The van der Waals surface area contributed by atoms with Gasteiger partial charge in [0.05, 0.1) is 0 Å². The van der Waals surface area contributed by atoms with Gasteiger partial charge in [0.25, 0.3) is 0 Å². The lowest BCUT2D eigenvalue weighted by Gasteiger charge is -1.87. The van der Waals surface area contributed by atoms with E-state index in [9.17, 15) is 14.4 Å². The van der Waals surface area contributed by atoms with Crippen LogP contribution in [0, 0.1) is 0 Å². The molecule has 0 unspecified atom stereocenters. The maximum atomic E-state index is 9.81. The van der Waals surface area contributed by atoms with Crippen LogP contribution in [0.25, 0.3) is 0 Å². The number of nitrogens with two attached hydrogens (primary N) is 1. The van der Waals surface area contributed by atoms with E-state index in [0.717, 1.165) is 6.08 Å². The molecule has 0 rings (SSSR count). The van der Waals surface area contributed by atoms with Gasteiger partial charge in [-0.2, -0.15) is 0 Å². The third kappa shape index (κ3) is 23.8. The minimum Gasteiger partial charge on any atom is -0.394 e. The van der Waals surface area contributed by atoms with Gasteiger partial charge in [-0.1, -0.05) is 6.58 Å². The van der Waals surface area contributed by atoms with Crippen LogP contribution in [0.3, 0.4) is 0 Å². The molecule has 0 aliphatic carbocycles. The van der Waals surface area contributed by atoms with Crippen molar-refractivity contribution in [2.45, 2.75) is 13.8 Å². The summed E-state index contributed by atoms with van der Waals surface area (Å²) in [6.07, 6.45) is 1.06. The van der Waals surface area contributed by atoms with Crippen LogP contribution in [0.2, 0.25) is 0 Å². The van der Waals surface area contributed by atoms with Crippen molar-refractivity contribution < 1.29 is 19.1 Å². The average Bonchev–Trinajstić information content (AvgIpc) is 1.85. The van der Waals surface area contributed by atoms with E-state index < -0.39 is 17.8 Å². The summed E-state index contributed by atoms with van der Waals surface area (Å²) in [6.45, 7) is 5.45. The fraction of sp³-hybridized carbons (Fsp3) is 0.286. The summed E-state index contributed by atoms with van der Waals surface area (Å²) in [5, 5.41) is 0. The zero-order valence-corrected chi connectivity index (χ0v) is 6.99. The third-order valence-electron chi connectivity index (χ3n) is 0.489. The Morgan fingerprint density at radius 3 is 1.50 bits per heavy atom. The highest BCUT2D eigenvalue weighted by Crippen LogP contribution is 1.73. The molecular weight excluding hydrogens is 162 g/mol. The molecule has 0 aliphatic heterocycles. The molecular formula is C7H11NO4. The summed E-state index contributed by atoms with van der Waals surface area (Å²) in [7, 11) is 0. The predicted octanol–water partition coefficient (Wildman–Crippen LogP) is -0.246. The lowest BCUT2D eigenvalue weighted by Crippen LogP contribution is -2.04. The summed E-state index contributed by atoms with van der Waals surface area (Å²) in [4.78, 5) is 29.1. The van der Waals surface area contributed by atoms with E-state index in [1.165, 1.54) is 13.8 Å². The average molecular weight is 173 g/mol. The van der Waals surface area contributed by atoms with Gasteiger partial charge in [0.1, 0.15) is 0 Å². The Hall–Kier alpha value is -1.65. The Kier molecular flexibility index (Phi) is 8.06. The van der Waals surface area contributed by atoms with Crippen molar-refractivity contribution >= 4 is 17.8 Å². The Labute approximate surface area is 70.2 Å². The SMILES string of the molecule is C=CC(N)=O.CC(=O)OC(C)=O. The van der Waals surface area contributed by atoms with Gasteiger partial charge in [0, 0.05) is 13.8 Å². The summed E-state index contributed by atoms with van der Waals surface area (Å²) < 4.78 is 3.97. The molecule has 2 N–H and O–H groups in total. The first-order valence-corrected chi connectivity index (χ1v) is 3.01. The lowest BCUT2D eigenvalue weighted by molar-refractivity contribution is -0.156. The lowest BCUT2D eigenvalue weighted by atomic mass is 10.6. The Morgan fingerprint density at radius 2 is 1.50 bits per heavy atom. The minimum absolute atomic E-state index is 0.481. The van der Waals surface area contributed by atoms with Gasteiger partial charge in [-0.05, 0) is 6.08 Å². The quantitative estimate of drug-likeness (QED) is 0.336. The maximum absolute atomic E-state index is 9.81. The normalized spacial score (nSPS) is 7.17. The van der Waals surface area contributed by atoms with Crippen LogP contribution < -0.4 is 5.73 Å². The Bertz CT molecular complexity index is 186. The number of hydrogen-bond donors (Lipinski definition) is 1. The number of carbonyl (C=O) groups is 3. The second-order valence-electron chi connectivity index (χ2n) is 1.69. The topological polar surface area (TPSA) is 86.5 Å². The second kappa shape index (κ2) is 7.46. The molecule has 0 atom stereocenters. The largest absolute Gasteiger partial charge is 0.394 e. The molecule has 0 saturated heterocycles. The van der Waals surface area contributed by atoms with Crippen LogP contribution in [0.1, 0.15) is 13.8 Å². The first-order chi connectivity index (χ1) is 5.40. The highest BCUT2D eigenvalue weighted by molar-refractivity contribution is 5.85. The van der Waals surface area contributed by atoms with Gasteiger partial charge in [-0.15, -0.1) is 0 Å². The van der Waals surface area contributed by atoms with E-state index in [1.54, 1.807) is 0 Å². The van der Waals surface area contributed by atoms with Crippen LogP contribution >= 0.6 is 0 Å². The first-order valence-electron chi connectivity index (χ1n) is 3.01. The molecule has 1 amide bonds. The number of amides is 1. The van der Waals surface area contributed by atoms with Crippen molar-refractivity contribution in [3.05, 3.63) is 12.7 Å². The van der Waals surface area contributed by atoms with Crippen LogP contribution in [-0.2, 0) is 19.1 Å². The number of rotatable bonds is 1. The van der Waals surface area contributed by atoms with E-state index in [4.69, 9.17) is 0 Å². The zero-order chi connectivity index (χ0) is 10.1. The van der Waals surface area contributed by atoms with E-state index >= 15 is 0 Å². The molecule has 0 fully saturated rings. The summed E-state index contributed by atoms with van der Waals surface area (Å²) in [6, 6.07) is 0. The molecule has 68 valence electrons. The highest BCUT2D eigenvalue weighted by atomic mass is 16.6. The molecule has 0 saturated carbocycles. The van der Waals surface area contributed by atoms with Gasteiger partial charge < -0.3 is 10.5 Å². The highest BCUT2D eigenvalue weighted by Gasteiger charge is 1.93. The fourth-order valence-corrected chi connectivity index (χ4v) is 0.202. The molecule has 5 nitrogen and oxygen atoms in total. The van der Waals surface area contributed by atoms with Crippen LogP contribution in [0.15, 0.2) is 12.7 Å². The van der Waals surface area contributed by atoms with Gasteiger partial charge in [0.15, 0.2) is 0 Å². The summed E-state index contributed by atoms with van der Waals surface area (Å²) in [5.41, 5.74) is 4.53. The third-order valence-corrected chi connectivity index (χ3v) is 0.489. The standard InChI is InChI=1S/C4H6O3.C3H5NO/c1-3(5)7-4(2)6;1-2-3(4)5/h1-2H3;2H,1H2,(H2,4,5). The number of ether oxygens (including phenoxy) is 1. The fourth-order valence-electron chi connectivity index (χ4n) is 0.202. The van der Waals surface area contributed by atoms with Gasteiger partial charge in [-0.3, -0.25) is 14.4 Å². The van der Waals surface area contributed by atoms with Gasteiger partial charge in [-0.25, -0.2) is 0 Å². The molecule has 0 spiro atoms. The van der Waals surface area contributed by atoms with Crippen molar-refractivity contribution in [2.24, 2.45) is 5.73 Å². The molecule has 0 aromatic heterocycles.